The van der Waals surface area contributed by atoms with Gasteiger partial charge in [-0.1, -0.05) is 25.7 Å². The summed E-state index contributed by atoms with van der Waals surface area (Å²) in [6.07, 6.45) is 18.9. The summed E-state index contributed by atoms with van der Waals surface area (Å²) in [5.74, 6) is 2.65. The van der Waals surface area contributed by atoms with Crippen LogP contribution in [0, 0.1) is 0 Å². The van der Waals surface area contributed by atoms with Crippen LogP contribution in [0.15, 0.2) is 36.4 Å². The third kappa shape index (κ3) is 49.6. The summed E-state index contributed by atoms with van der Waals surface area (Å²) in [6.45, 7) is 14.4. The number of carbonyl (C=O) groups is 13. The molecule has 10 rings (SSSR count). The van der Waals surface area contributed by atoms with Gasteiger partial charge in [-0.15, -0.1) is 0 Å². The highest BCUT2D eigenvalue weighted by molar-refractivity contribution is 8.01. The molecule has 17 amide bonds. The van der Waals surface area contributed by atoms with Gasteiger partial charge in [-0.25, -0.2) is 19.2 Å². The molecule has 145 heavy (non-hydrogen) atoms. The summed E-state index contributed by atoms with van der Waals surface area (Å²) >= 11 is 7.57. The molecule has 2 aromatic carbocycles. The molecule has 0 aliphatic carbocycles. The van der Waals surface area contributed by atoms with Gasteiger partial charge in [-0.3, -0.25) is 43.2 Å². The third-order valence-electron chi connectivity index (χ3n) is 24.9. The Bertz CT molecular complexity index is 3940. The normalized spacial score (nSPS) is 20.6. The zero-order chi connectivity index (χ0) is 103. The number of anilines is 2. The molecule has 8 fully saturated rings. The Morgan fingerprint density at radius 2 is 0.469 bits per heavy atom. The van der Waals surface area contributed by atoms with Gasteiger partial charge in [0.1, 0.15) is 0 Å². The number of fused-ring (bicyclic) bond motifs is 4. The van der Waals surface area contributed by atoms with E-state index in [2.05, 4.69) is 95.7 Å². The minimum atomic E-state index is -0.392. The number of thioether (sulfide) groups is 4. The first-order chi connectivity index (χ1) is 70.9. The molecule has 8 saturated heterocycles. The average Bonchev–Trinajstić information content (AvgIpc) is 1.64. The Labute approximate surface area is 869 Å². The van der Waals surface area contributed by atoms with Crippen molar-refractivity contribution in [3.05, 3.63) is 58.7 Å². The quantitative estimate of drug-likeness (QED) is 0.0244. The average molecular weight is 2120 g/mol. The highest BCUT2D eigenvalue weighted by Crippen LogP contribution is 2.37. The van der Waals surface area contributed by atoms with E-state index in [1.165, 1.54) is 18.2 Å². The Morgan fingerprint density at radius 1 is 0.269 bits per heavy atom. The van der Waals surface area contributed by atoms with E-state index in [9.17, 15) is 62.3 Å². The Kier molecular flexibility index (Phi) is 60.9. The predicted molar refractivity (Wildman–Crippen MR) is 556 cm³/mol. The second-order valence-corrected chi connectivity index (χ2v) is 41.3. The summed E-state index contributed by atoms with van der Waals surface area (Å²) in [4.78, 5) is 158. The summed E-state index contributed by atoms with van der Waals surface area (Å²) in [5.41, 5.74) is 2.17. The summed E-state index contributed by atoms with van der Waals surface area (Å²) < 4.78 is 67.1. The van der Waals surface area contributed by atoms with E-state index in [0.29, 0.717) is 325 Å². The summed E-state index contributed by atoms with van der Waals surface area (Å²) in [7, 11) is 1.73. The number of amides is 17. The van der Waals surface area contributed by atoms with Crippen LogP contribution in [-0.2, 0) is 80.8 Å². The van der Waals surface area contributed by atoms with E-state index in [1.54, 1.807) is 25.2 Å². The molecule has 816 valence electrons. The molecule has 12 unspecified atom stereocenters. The number of benzene rings is 2. The molecule has 8 aliphatic heterocycles. The zero-order valence-corrected chi connectivity index (χ0v) is 87.5. The van der Waals surface area contributed by atoms with Crippen molar-refractivity contribution in [2.24, 2.45) is 0 Å². The number of urea groups is 4. The van der Waals surface area contributed by atoms with Crippen molar-refractivity contribution >= 4 is 136 Å². The standard InChI is InChI=1S/C49H79N9O13S2.C49H81N9O12S2/c59-34-54-37-30-35(46(62)52-15-7-19-68-23-27-70-25-21-66-17-5-13-50-42(60)11-3-1-9-40-44-38(32-72-40)55-48(64)57-44)29-36(31-37)47(63)53-16-8-20-69-24-28-71-26-22-67-18-6-14-51-43(61)12-4-2-10-41-45-39(33-73-41)56-49(65)58-45;1-50-37-31-35(46(61)53-16-8-20-67-24-28-69-26-22-65-18-6-14-51-42(59)12-4-2-10-40-44-38(33-71-40)55-48(63)57-44)30-36(32-37)47(62)54-17-9-21-68-25-29-70-27-23-66-19-7-15-52-43(60)13-5-3-11-41-45-39(34-72-41)56-49(64)58-45/h29-31,34,38-41,44-45H,1-28,32-33H2,(H,50,60)(H,51,61)(H,52,62)(H,53,63)(H,54,59)(H2,55,57,64)(H2,56,58,65);30-32,38-41,44-45,50H,2-29,33-34H2,1H3,(H,51,59)(H,52,60)(H,53,61)(H,54,62)(H2,55,57,63)(H2,56,58,64). The van der Waals surface area contributed by atoms with E-state index < -0.39 is 11.8 Å². The fourth-order valence-corrected chi connectivity index (χ4v) is 23.4. The van der Waals surface area contributed by atoms with Crippen LogP contribution in [0.3, 0.4) is 0 Å². The van der Waals surface area contributed by atoms with Crippen LogP contribution in [0.4, 0.5) is 30.6 Å². The van der Waals surface area contributed by atoms with Crippen molar-refractivity contribution in [2.75, 3.05) is 252 Å². The van der Waals surface area contributed by atoms with Gasteiger partial charge in [-0.05, 0) is 139 Å². The van der Waals surface area contributed by atoms with Crippen molar-refractivity contribution in [1.29, 1.82) is 0 Å². The van der Waals surface area contributed by atoms with Gasteiger partial charge in [0.25, 0.3) is 23.6 Å². The minimum Gasteiger partial charge on any atom is -0.388 e. The Morgan fingerprint density at radius 3 is 0.676 bits per heavy atom. The van der Waals surface area contributed by atoms with Crippen LogP contribution in [0.25, 0.3) is 0 Å². The van der Waals surface area contributed by atoms with Crippen LogP contribution in [0.1, 0.15) is 196 Å². The molecule has 8 heterocycles. The maximum Gasteiger partial charge on any atom is 0.315 e. The molecular formula is C98H160N18O25S4. The van der Waals surface area contributed by atoms with Crippen molar-refractivity contribution in [3.63, 3.8) is 0 Å². The van der Waals surface area contributed by atoms with Gasteiger partial charge >= 0.3 is 24.1 Å². The van der Waals surface area contributed by atoms with Gasteiger partial charge < -0.3 is 153 Å². The molecule has 0 radical (unpaired) electrons. The maximum absolute atomic E-state index is 12.9. The monoisotopic (exact) mass is 2120 g/mol. The second kappa shape index (κ2) is 73.6. The number of ether oxygens (including phenoxy) is 12. The van der Waals surface area contributed by atoms with E-state index in [0.717, 1.165) is 113 Å². The second-order valence-electron chi connectivity index (χ2n) is 36.2. The number of rotatable bonds is 83. The minimum absolute atomic E-state index is 0.0480. The molecule has 0 bridgehead atoms. The zero-order valence-electron chi connectivity index (χ0n) is 84.2. The fourth-order valence-electron chi connectivity index (χ4n) is 17.2. The van der Waals surface area contributed by atoms with Crippen molar-refractivity contribution in [3.8, 4) is 0 Å². The van der Waals surface area contributed by atoms with Gasteiger partial charge in [0.05, 0.1) is 154 Å². The van der Waals surface area contributed by atoms with Crippen LogP contribution in [0.2, 0.25) is 0 Å². The topological polar surface area (TPSA) is 549 Å². The van der Waals surface area contributed by atoms with Gasteiger partial charge in [-0.2, -0.15) is 47.0 Å². The lowest BCUT2D eigenvalue weighted by Crippen LogP contribution is -2.36. The molecule has 2 aromatic rings. The first-order valence-electron chi connectivity index (χ1n) is 51.9. The maximum atomic E-state index is 12.9. The number of unbranched alkanes of at least 4 members (excludes halogenated alkanes) is 4. The molecule has 0 spiro atoms. The molecule has 43 nitrogen and oxygen atoms in total. The van der Waals surface area contributed by atoms with E-state index in [1.807, 2.05) is 47.0 Å². The first-order valence-corrected chi connectivity index (χ1v) is 56.1. The van der Waals surface area contributed by atoms with Crippen LogP contribution in [-0.4, -0.2) is 388 Å². The smallest absolute Gasteiger partial charge is 0.315 e. The fraction of sp³-hybridized carbons (Fsp3) is 0.745. The lowest BCUT2D eigenvalue weighted by atomic mass is 10.0. The molecule has 0 saturated carbocycles. The van der Waals surface area contributed by atoms with E-state index >= 15 is 0 Å². The number of carbonyl (C=O) groups excluding carboxylic acids is 13. The molecule has 8 aliphatic rings. The van der Waals surface area contributed by atoms with Crippen LogP contribution >= 0.6 is 47.0 Å². The Balaban J connectivity index is 0.000000323. The predicted octanol–water partition coefficient (Wildman–Crippen LogP) is 4.59. The lowest BCUT2D eigenvalue weighted by molar-refractivity contribution is -0.122. The van der Waals surface area contributed by atoms with E-state index in [-0.39, 0.29) is 119 Å². The summed E-state index contributed by atoms with van der Waals surface area (Å²) in [6, 6.07) is 10.9. The highest BCUT2D eigenvalue weighted by atomic mass is 32.2. The molecular weight excluding hydrogens is 1960 g/mol. The van der Waals surface area contributed by atoms with E-state index in [4.69, 9.17) is 56.8 Å². The molecule has 0 aromatic heterocycles. The lowest BCUT2D eigenvalue weighted by Gasteiger charge is -2.16. The molecule has 47 heteroatoms. The van der Waals surface area contributed by atoms with Crippen molar-refractivity contribution in [1.82, 2.24) is 85.1 Å². The van der Waals surface area contributed by atoms with Crippen molar-refractivity contribution < 1.29 is 119 Å². The summed E-state index contributed by atoms with van der Waals surface area (Å²) in [5, 5.41) is 54.3. The number of hydrogen-bond donors (Lipinski definition) is 18. The Hall–Kier alpha value is -8.53. The van der Waals surface area contributed by atoms with Gasteiger partial charge in [0.2, 0.25) is 30.0 Å². The molecule has 18 N–H and O–H groups in total. The first kappa shape index (κ1) is 120. The largest absolute Gasteiger partial charge is 0.388 e. The SMILES string of the molecule is CNc1cc(C(=O)NCCCOCCOCCOCCCNC(=O)CCCCC2SCC3NC(=O)NC32)cc(C(=O)NCCCOCCOCCOCCCNC(=O)CCCCC2SCC3NC(=O)NC32)c1.O=CNc1cc(C(=O)NCCCOCCOCCOCCCNC(=O)CCCCC2SCC3NC(=O)NC32)cc(C(=O)NCCCOCCOCCOCCCNC(=O)CCCCC2SCC3NC(=O)NC32)c1. The van der Waals surface area contributed by atoms with Gasteiger partial charge in [0, 0.05) is 216 Å². The van der Waals surface area contributed by atoms with Gasteiger partial charge in [0.15, 0.2) is 0 Å². The van der Waals surface area contributed by atoms with Crippen molar-refractivity contribution in [2.45, 2.75) is 223 Å². The highest BCUT2D eigenvalue weighted by Gasteiger charge is 2.46. The van der Waals surface area contributed by atoms with Crippen LogP contribution < -0.4 is 95.7 Å². The number of nitrogens with one attached hydrogen (secondary N) is 18. The van der Waals surface area contributed by atoms with Crippen LogP contribution in [0.5, 0.6) is 0 Å². The third-order valence-corrected chi connectivity index (χ3v) is 30.9. The molecule has 12 atom stereocenters. The number of hydrogen-bond acceptors (Lipinski definition) is 30.